The number of carbonyl (C=O) groups is 3. The van der Waals surface area contributed by atoms with Gasteiger partial charge in [0, 0.05) is 37.5 Å². The van der Waals surface area contributed by atoms with E-state index in [1.807, 2.05) is 27.7 Å². The summed E-state index contributed by atoms with van der Waals surface area (Å²) in [6.07, 6.45) is 4.21. The minimum atomic E-state index is -0.210. The van der Waals surface area contributed by atoms with E-state index in [-0.39, 0.29) is 41.0 Å². The Morgan fingerprint density at radius 3 is 2.13 bits per heavy atom. The van der Waals surface area contributed by atoms with Crippen molar-refractivity contribution in [3.05, 3.63) is 12.2 Å². The van der Waals surface area contributed by atoms with Crippen molar-refractivity contribution in [3.63, 3.8) is 0 Å². The molecule has 1 fully saturated rings. The Bertz CT molecular complexity index is 464. The number of hydrogen-bond acceptors (Lipinski definition) is 3. The lowest BCUT2D eigenvalue weighted by Crippen LogP contribution is -2.22. The monoisotopic (exact) mass is 320 g/mol. The second kappa shape index (κ2) is 9.14. The molecule has 4 atom stereocenters. The van der Waals surface area contributed by atoms with Gasteiger partial charge < -0.3 is 0 Å². The minimum Gasteiger partial charge on any atom is -0.300 e. The highest BCUT2D eigenvalue weighted by Crippen LogP contribution is 2.27. The van der Waals surface area contributed by atoms with Crippen molar-refractivity contribution in [1.82, 2.24) is 0 Å². The van der Waals surface area contributed by atoms with Crippen LogP contribution in [0, 0.1) is 23.7 Å². The summed E-state index contributed by atoms with van der Waals surface area (Å²) in [7, 11) is 0. The third-order valence-corrected chi connectivity index (χ3v) is 5.19. The van der Waals surface area contributed by atoms with Crippen LogP contribution in [0.25, 0.3) is 0 Å². The zero-order chi connectivity index (χ0) is 17.6. The van der Waals surface area contributed by atoms with Crippen LogP contribution in [0.1, 0.15) is 72.6 Å². The van der Waals surface area contributed by atoms with Crippen LogP contribution in [0.15, 0.2) is 12.2 Å². The number of carbonyl (C=O) groups excluding carboxylic acids is 3. The smallest absolute Gasteiger partial charge is 0.136 e. The van der Waals surface area contributed by atoms with E-state index in [0.717, 1.165) is 24.8 Å². The Kier molecular flexibility index (Phi) is 7.87. The summed E-state index contributed by atoms with van der Waals surface area (Å²) in [6, 6.07) is 0. The maximum Gasteiger partial charge on any atom is 0.136 e. The van der Waals surface area contributed by atoms with Gasteiger partial charge in [0.25, 0.3) is 0 Å². The third-order valence-electron chi connectivity index (χ3n) is 5.19. The lowest BCUT2D eigenvalue weighted by molar-refractivity contribution is -0.128. The van der Waals surface area contributed by atoms with E-state index in [2.05, 4.69) is 6.58 Å². The molecule has 0 heterocycles. The predicted octanol–water partition coefficient (Wildman–Crippen LogP) is 4.54. The molecule has 130 valence electrons. The Hall–Kier alpha value is -1.25. The van der Waals surface area contributed by atoms with E-state index in [4.69, 9.17) is 0 Å². The van der Waals surface area contributed by atoms with Crippen molar-refractivity contribution >= 4 is 17.3 Å². The highest BCUT2D eigenvalue weighted by Gasteiger charge is 2.24. The van der Waals surface area contributed by atoms with Gasteiger partial charge in [-0.05, 0) is 38.0 Å². The third kappa shape index (κ3) is 6.80. The second-order valence-electron chi connectivity index (χ2n) is 7.65. The van der Waals surface area contributed by atoms with E-state index in [9.17, 15) is 14.4 Å². The molecule has 0 saturated heterocycles. The molecule has 0 spiro atoms. The standard InChI is InChI=1S/C20H32O3/c1-13(2)17-8-7-15(4)19(22)9-6-14(3)10-18(21)11-16(5)20(23)12-17/h14-17H,1,6-12H2,2-5H3/t14-,15+,16+,17+/m0/s1. The molecule has 0 aromatic rings. The molecule has 0 unspecified atom stereocenters. The van der Waals surface area contributed by atoms with Crippen molar-refractivity contribution in [1.29, 1.82) is 0 Å². The molecule has 3 nitrogen and oxygen atoms in total. The molecule has 1 saturated carbocycles. The van der Waals surface area contributed by atoms with Gasteiger partial charge >= 0.3 is 0 Å². The number of rotatable bonds is 1. The van der Waals surface area contributed by atoms with E-state index >= 15 is 0 Å². The van der Waals surface area contributed by atoms with Crippen molar-refractivity contribution in [2.24, 2.45) is 23.7 Å². The van der Waals surface area contributed by atoms with Gasteiger partial charge in [-0.2, -0.15) is 0 Å². The van der Waals surface area contributed by atoms with Crippen LogP contribution in [0.2, 0.25) is 0 Å². The van der Waals surface area contributed by atoms with Crippen LogP contribution in [0.3, 0.4) is 0 Å². The molecule has 23 heavy (non-hydrogen) atoms. The van der Waals surface area contributed by atoms with Crippen LogP contribution < -0.4 is 0 Å². The largest absolute Gasteiger partial charge is 0.300 e. The van der Waals surface area contributed by atoms with Crippen molar-refractivity contribution in [2.75, 3.05) is 0 Å². The Morgan fingerprint density at radius 1 is 0.870 bits per heavy atom. The average Bonchev–Trinajstić information content (AvgIpc) is 2.46. The zero-order valence-electron chi connectivity index (χ0n) is 15.2. The van der Waals surface area contributed by atoms with Crippen LogP contribution in [0.5, 0.6) is 0 Å². The van der Waals surface area contributed by atoms with E-state index in [0.29, 0.717) is 25.7 Å². The lowest BCUT2D eigenvalue weighted by Gasteiger charge is -2.21. The fourth-order valence-corrected chi connectivity index (χ4v) is 3.24. The molecule has 1 aliphatic rings. The van der Waals surface area contributed by atoms with E-state index in [1.165, 1.54) is 0 Å². The molecule has 0 bridgehead atoms. The summed E-state index contributed by atoms with van der Waals surface area (Å²) in [5.74, 6) is 0.720. The van der Waals surface area contributed by atoms with Crippen LogP contribution in [0.4, 0.5) is 0 Å². The molecule has 0 aliphatic heterocycles. The fourth-order valence-electron chi connectivity index (χ4n) is 3.24. The molecule has 1 rings (SSSR count). The van der Waals surface area contributed by atoms with Gasteiger partial charge in [-0.15, -0.1) is 0 Å². The Labute approximate surface area is 140 Å². The number of ketones is 3. The normalized spacial score (nSPS) is 32.4. The number of hydrogen-bond donors (Lipinski definition) is 0. The van der Waals surface area contributed by atoms with Crippen LogP contribution in [-0.4, -0.2) is 17.3 Å². The minimum absolute atomic E-state index is 0.0233. The first kappa shape index (κ1) is 19.8. The molecule has 3 heteroatoms. The molecular weight excluding hydrogens is 288 g/mol. The first-order chi connectivity index (χ1) is 10.7. The van der Waals surface area contributed by atoms with Gasteiger partial charge in [-0.25, -0.2) is 0 Å². The van der Waals surface area contributed by atoms with Crippen molar-refractivity contribution < 1.29 is 14.4 Å². The van der Waals surface area contributed by atoms with Gasteiger partial charge in [0.15, 0.2) is 0 Å². The second-order valence-corrected chi connectivity index (χ2v) is 7.65. The molecule has 0 aromatic heterocycles. The Balaban J connectivity index is 2.86. The maximum absolute atomic E-state index is 12.4. The fraction of sp³-hybridized carbons (Fsp3) is 0.750. The first-order valence-corrected chi connectivity index (χ1v) is 8.93. The van der Waals surface area contributed by atoms with Crippen LogP contribution >= 0.6 is 0 Å². The van der Waals surface area contributed by atoms with Crippen molar-refractivity contribution in [2.45, 2.75) is 72.6 Å². The summed E-state index contributed by atoms with van der Waals surface area (Å²) >= 11 is 0. The summed E-state index contributed by atoms with van der Waals surface area (Å²) < 4.78 is 0. The van der Waals surface area contributed by atoms with Gasteiger partial charge in [0.2, 0.25) is 0 Å². The number of Topliss-reactive ketones (excluding diaryl/α,β-unsaturated/α-hetero) is 3. The average molecular weight is 320 g/mol. The topological polar surface area (TPSA) is 51.2 Å². The highest BCUT2D eigenvalue weighted by atomic mass is 16.1. The van der Waals surface area contributed by atoms with Gasteiger partial charge in [-0.1, -0.05) is 32.9 Å². The van der Waals surface area contributed by atoms with Crippen LogP contribution in [-0.2, 0) is 14.4 Å². The Morgan fingerprint density at radius 2 is 1.52 bits per heavy atom. The van der Waals surface area contributed by atoms with Gasteiger partial charge in [0.05, 0.1) is 0 Å². The molecule has 1 aliphatic carbocycles. The predicted molar refractivity (Wildman–Crippen MR) is 93.1 cm³/mol. The summed E-state index contributed by atoms with van der Waals surface area (Å²) in [5, 5.41) is 0. The molecule has 0 N–H and O–H groups in total. The summed E-state index contributed by atoms with van der Waals surface area (Å²) in [5.41, 5.74) is 0.997. The van der Waals surface area contributed by atoms with E-state index < -0.39 is 0 Å². The molecule has 0 radical (unpaired) electrons. The highest BCUT2D eigenvalue weighted by molar-refractivity contribution is 5.88. The molecule has 0 amide bonds. The molecule has 0 aromatic carbocycles. The number of allylic oxidation sites excluding steroid dienone is 1. The van der Waals surface area contributed by atoms with Crippen molar-refractivity contribution in [3.8, 4) is 0 Å². The zero-order valence-corrected chi connectivity index (χ0v) is 15.2. The lowest BCUT2D eigenvalue weighted by atomic mass is 9.82. The molecular formula is C20H32O3. The van der Waals surface area contributed by atoms with E-state index in [1.54, 1.807) is 0 Å². The quantitative estimate of drug-likeness (QED) is 0.667. The summed E-state index contributed by atoms with van der Waals surface area (Å²) in [4.78, 5) is 36.8. The van der Waals surface area contributed by atoms with Gasteiger partial charge in [-0.3, -0.25) is 14.4 Å². The summed E-state index contributed by atoms with van der Waals surface area (Å²) in [6.45, 7) is 11.8. The first-order valence-electron chi connectivity index (χ1n) is 8.93. The maximum atomic E-state index is 12.4. The SMILES string of the molecule is C=C(C)[C@@H]1CC[C@@H](C)C(=O)CC[C@H](C)CC(=O)C[C@@H](C)C(=O)C1. The van der Waals surface area contributed by atoms with Gasteiger partial charge in [0.1, 0.15) is 17.3 Å².